The Bertz CT molecular complexity index is 328. The van der Waals surface area contributed by atoms with Gasteiger partial charge in [0.2, 0.25) is 0 Å². The van der Waals surface area contributed by atoms with E-state index in [1.54, 1.807) is 0 Å². The molecule has 0 unspecified atom stereocenters. The molecule has 1 saturated heterocycles. The van der Waals surface area contributed by atoms with Gasteiger partial charge in [-0.25, -0.2) is 0 Å². The predicted octanol–water partition coefficient (Wildman–Crippen LogP) is 2.94. The summed E-state index contributed by atoms with van der Waals surface area (Å²) in [4.78, 5) is 2.60. The Morgan fingerprint density at radius 1 is 1.11 bits per heavy atom. The van der Waals surface area contributed by atoms with Crippen LogP contribution in [0.15, 0.2) is 30.3 Å². The number of nitrogens with one attached hydrogen (secondary N) is 1. The van der Waals surface area contributed by atoms with E-state index in [-0.39, 0.29) is 0 Å². The topological polar surface area (TPSA) is 15.3 Å². The van der Waals surface area contributed by atoms with Crippen molar-refractivity contribution in [3.63, 3.8) is 0 Å². The van der Waals surface area contributed by atoms with Gasteiger partial charge >= 0.3 is 0 Å². The summed E-state index contributed by atoms with van der Waals surface area (Å²) in [5.74, 6) is 0.940. The highest BCUT2D eigenvalue weighted by atomic mass is 15.1. The second-order valence-electron chi connectivity index (χ2n) is 5.86. The highest BCUT2D eigenvalue weighted by molar-refractivity contribution is 5.14. The van der Waals surface area contributed by atoms with Crippen LogP contribution in [0.25, 0.3) is 0 Å². The van der Waals surface area contributed by atoms with Crippen LogP contribution >= 0.6 is 0 Å². The van der Waals surface area contributed by atoms with Gasteiger partial charge in [0.25, 0.3) is 0 Å². The Labute approximate surface area is 118 Å². The highest BCUT2D eigenvalue weighted by Crippen LogP contribution is 2.15. The summed E-state index contributed by atoms with van der Waals surface area (Å²) in [5.41, 5.74) is 1.45. The van der Waals surface area contributed by atoms with Gasteiger partial charge in [0.15, 0.2) is 0 Å². The van der Waals surface area contributed by atoms with Gasteiger partial charge < -0.3 is 10.2 Å². The minimum absolute atomic E-state index is 0.940. The van der Waals surface area contributed by atoms with Gasteiger partial charge in [-0.3, -0.25) is 0 Å². The molecule has 0 bridgehead atoms. The second-order valence-corrected chi connectivity index (χ2v) is 5.86. The maximum Gasteiger partial charge on any atom is 0.0107 e. The van der Waals surface area contributed by atoms with Crippen molar-refractivity contribution in [1.82, 2.24) is 10.2 Å². The Balaban J connectivity index is 1.46. The molecule has 19 heavy (non-hydrogen) atoms. The first kappa shape index (κ1) is 14.5. The van der Waals surface area contributed by atoms with E-state index in [0.29, 0.717) is 0 Å². The summed E-state index contributed by atoms with van der Waals surface area (Å²) in [6.45, 7) is 8.47. The predicted molar refractivity (Wildman–Crippen MR) is 82.5 cm³/mol. The van der Waals surface area contributed by atoms with E-state index in [1.165, 1.54) is 50.9 Å². The SMILES string of the molecule is CC1CCN(CCNCCCc2ccccc2)CC1. The third-order valence-corrected chi connectivity index (χ3v) is 4.14. The molecule has 2 rings (SSSR count). The van der Waals surface area contributed by atoms with E-state index in [2.05, 4.69) is 47.5 Å². The maximum atomic E-state index is 3.57. The van der Waals surface area contributed by atoms with E-state index < -0.39 is 0 Å². The van der Waals surface area contributed by atoms with Crippen LogP contribution in [0.5, 0.6) is 0 Å². The quantitative estimate of drug-likeness (QED) is 0.758. The molecular formula is C17H28N2. The van der Waals surface area contributed by atoms with Gasteiger partial charge in [-0.15, -0.1) is 0 Å². The lowest BCUT2D eigenvalue weighted by Gasteiger charge is -2.30. The van der Waals surface area contributed by atoms with Crippen molar-refractivity contribution in [3.05, 3.63) is 35.9 Å². The van der Waals surface area contributed by atoms with E-state index >= 15 is 0 Å². The largest absolute Gasteiger partial charge is 0.315 e. The number of aryl methyl sites for hydroxylation is 1. The fourth-order valence-electron chi connectivity index (χ4n) is 2.71. The van der Waals surface area contributed by atoms with Crippen molar-refractivity contribution in [1.29, 1.82) is 0 Å². The number of piperidine rings is 1. The Hall–Kier alpha value is -0.860. The van der Waals surface area contributed by atoms with Crippen LogP contribution in [-0.2, 0) is 6.42 Å². The zero-order chi connectivity index (χ0) is 13.3. The normalized spacial score (nSPS) is 17.7. The maximum absolute atomic E-state index is 3.57. The highest BCUT2D eigenvalue weighted by Gasteiger charge is 2.14. The molecular weight excluding hydrogens is 232 g/mol. The average molecular weight is 260 g/mol. The number of likely N-dealkylation sites (tertiary alicyclic amines) is 1. The van der Waals surface area contributed by atoms with Crippen molar-refractivity contribution in [3.8, 4) is 0 Å². The summed E-state index contributed by atoms with van der Waals surface area (Å²) in [6.07, 6.45) is 5.19. The minimum Gasteiger partial charge on any atom is -0.315 e. The van der Waals surface area contributed by atoms with Crippen molar-refractivity contribution < 1.29 is 0 Å². The first-order valence-corrected chi connectivity index (χ1v) is 7.81. The molecule has 106 valence electrons. The molecule has 1 aliphatic rings. The van der Waals surface area contributed by atoms with Crippen molar-refractivity contribution in [2.45, 2.75) is 32.6 Å². The van der Waals surface area contributed by atoms with Crippen molar-refractivity contribution >= 4 is 0 Å². The van der Waals surface area contributed by atoms with Gasteiger partial charge in [0.05, 0.1) is 0 Å². The first-order chi connectivity index (χ1) is 9.34. The van der Waals surface area contributed by atoms with Gasteiger partial charge in [0.1, 0.15) is 0 Å². The number of benzene rings is 1. The lowest BCUT2D eigenvalue weighted by molar-refractivity contribution is 0.193. The third kappa shape index (κ3) is 5.75. The molecule has 0 amide bonds. The van der Waals surface area contributed by atoms with Gasteiger partial charge in [0, 0.05) is 13.1 Å². The van der Waals surface area contributed by atoms with Gasteiger partial charge in [-0.2, -0.15) is 0 Å². The Morgan fingerprint density at radius 2 is 1.84 bits per heavy atom. The summed E-state index contributed by atoms with van der Waals surface area (Å²) in [6, 6.07) is 10.8. The molecule has 0 spiro atoms. The summed E-state index contributed by atoms with van der Waals surface area (Å²) in [5, 5.41) is 3.57. The lowest BCUT2D eigenvalue weighted by atomic mass is 9.99. The fourth-order valence-corrected chi connectivity index (χ4v) is 2.71. The molecule has 1 fully saturated rings. The van der Waals surface area contributed by atoms with Crippen LogP contribution in [0, 0.1) is 5.92 Å². The molecule has 2 nitrogen and oxygen atoms in total. The van der Waals surface area contributed by atoms with E-state index in [4.69, 9.17) is 0 Å². The molecule has 1 heterocycles. The van der Waals surface area contributed by atoms with Crippen molar-refractivity contribution in [2.24, 2.45) is 5.92 Å². The molecule has 1 aromatic rings. The van der Waals surface area contributed by atoms with Crippen molar-refractivity contribution in [2.75, 3.05) is 32.7 Å². The molecule has 1 aromatic carbocycles. The van der Waals surface area contributed by atoms with Crippen LogP contribution in [0.2, 0.25) is 0 Å². The van der Waals surface area contributed by atoms with E-state index in [1.807, 2.05) is 0 Å². The summed E-state index contributed by atoms with van der Waals surface area (Å²) < 4.78 is 0. The number of rotatable bonds is 7. The number of hydrogen-bond acceptors (Lipinski definition) is 2. The third-order valence-electron chi connectivity index (χ3n) is 4.14. The molecule has 0 saturated carbocycles. The molecule has 1 N–H and O–H groups in total. The Kier molecular flexibility index (Phi) is 6.38. The second kappa shape index (κ2) is 8.34. The smallest absolute Gasteiger partial charge is 0.0107 e. The average Bonchev–Trinajstić information content (AvgIpc) is 2.46. The van der Waals surface area contributed by atoms with Gasteiger partial charge in [-0.1, -0.05) is 37.3 Å². The summed E-state index contributed by atoms with van der Waals surface area (Å²) in [7, 11) is 0. The Morgan fingerprint density at radius 3 is 2.58 bits per heavy atom. The zero-order valence-electron chi connectivity index (χ0n) is 12.3. The molecule has 1 aliphatic heterocycles. The number of hydrogen-bond donors (Lipinski definition) is 1. The minimum atomic E-state index is 0.940. The van der Waals surface area contributed by atoms with Crippen LogP contribution < -0.4 is 5.32 Å². The van der Waals surface area contributed by atoms with Gasteiger partial charge in [-0.05, 0) is 56.8 Å². The molecule has 2 heteroatoms. The summed E-state index contributed by atoms with van der Waals surface area (Å²) >= 11 is 0. The van der Waals surface area contributed by atoms with Crippen LogP contribution in [-0.4, -0.2) is 37.6 Å². The lowest BCUT2D eigenvalue weighted by Crippen LogP contribution is -2.38. The fraction of sp³-hybridized carbons (Fsp3) is 0.647. The van der Waals surface area contributed by atoms with E-state index in [0.717, 1.165) is 19.0 Å². The monoisotopic (exact) mass is 260 g/mol. The van der Waals surface area contributed by atoms with Crippen LogP contribution in [0.3, 0.4) is 0 Å². The zero-order valence-corrected chi connectivity index (χ0v) is 12.3. The molecule has 0 atom stereocenters. The van der Waals surface area contributed by atoms with Crippen LogP contribution in [0.4, 0.5) is 0 Å². The van der Waals surface area contributed by atoms with E-state index in [9.17, 15) is 0 Å². The van der Waals surface area contributed by atoms with Crippen LogP contribution in [0.1, 0.15) is 31.7 Å². The standard InChI is InChI=1S/C17H28N2/c1-16-9-13-19(14-10-16)15-12-18-11-5-8-17-6-3-2-4-7-17/h2-4,6-7,16,18H,5,8-15H2,1H3. The number of nitrogens with zero attached hydrogens (tertiary/aromatic N) is 1. The first-order valence-electron chi connectivity index (χ1n) is 7.81. The molecule has 0 aromatic heterocycles. The molecule has 0 radical (unpaired) electrons. The molecule has 0 aliphatic carbocycles.